The molecule has 22 heteroatoms. The summed E-state index contributed by atoms with van der Waals surface area (Å²) in [6.45, 7) is 6.17. The lowest BCUT2D eigenvalue weighted by Crippen LogP contribution is -2.61. The largest absolute Gasteiger partial charge is 0.352 e. The van der Waals surface area contributed by atoms with Crippen LogP contribution in [0.25, 0.3) is 0 Å². The Kier molecular flexibility index (Phi) is 19.2. The van der Waals surface area contributed by atoms with E-state index in [2.05, 4.69) is 21.3 Å². The second kappa shape index (κ2) is 23.4. The average molecular weight is 918 g/mol. The summed E-state index contributed by atoms with van der Waals surface area (Å²) in [4.78, 5) is 156. The lowest BCUT2D eigenvalue weighted by atomic mass is 9.94. The van der Waals surface area contributed by atoms with Crippen molar-refractivity contribution in [3.63, 3.8) is 0 Å². The molecule has 5 unspecified atom stereocenters. The SMILES string of the molecule is CC[C@H](C)C1NC(=O)C(C)N(C)C(=O)CC(C)NC(=O)CN(C)C(=O)C2(CCCC2)NC(=O)C2CCCN2C(=O)CNC(=O)C(C)N(C)C(=O)CN(C)C(=O)CN(C)C(=O)CN(C)C1=O. The Labute approximate surface area is 381 Å². The van der Waals surface area contributed by atoms with Gasteiger partial charge in [0.25, 0.3) is 0 Å². The summed E-state index contributed by atoms with van der Waals surface area (Å²) in [5.41, 5.74) is -1.32. The van der Waals surface area contributed by atoms with Crippen molar-refractivity contribution in [3.8, 4) is 0 Å². The lowest BCUT2D eigenvalue weighted by Gasteiger charge is -2.35. The summed E-state index contributed by atoms with van der Waals surface area (Å²) in [6.07, 6.45) is 3.01. The molecule has 1 spiro atoms. The number of rotatable bonds is 2. The fourth-order valence-electron chi connectivity index (χ4n) is 8.06. The molecule has 65 heavy (non-hydrogen) atoms. The molecule has 0 aromatic heterocycles. The number of carbonyl (C=O) groups excluding carboxylic acids is 11. The zero-order valence-electron chi connectivity index (χ0n) is 40.0. The normalized spacial score (nSPS) is 27.4. The van der Waals surface area contributed by atoms with E-state index in [4.69, 9.17) is 0 Å². The number of fused-ring (bicyclic) bond motifs is 1. The van der Waals surface area contributed by atoms with Gasteiger partial charge in [-0.1, -0.05) is 33.1 Å². The number of hydrogen-bond acceptors (Lipinski definition) is 11. The van der Waals surface area contributed by atoms with E-state index in [-0.39, 0.29) is 25.4 Å². The fraction of sp³-hybridized carbons (Fsp3) is 0.744. The highest BCUT2D eigenvalue weighted by Gasteiger charge is 2.47. The van der Waals surface area contributed by atoms with Crippen LogP contribution in [0.15, 0.2) is 0 Å². The van der Waals surface area contributed by atoms with Gasteiger partial charge in [-0.2, -0.15) is 0 Å². The van der Waals surface area contributed by atoms with Crippen molar-refractivity contribution >= 4 is 65.0 Å². The first-order valence-corrected chi connectivity index (χ1v) is 22.3. The third-order valence-corrected chi connectivity index (χ3v) is 13.0. The maximum Gasteiger partial charge on any atom is 0.248 e. The van der Waals surface area contributed by atoms with Crippen LogP contribution in [0.5, 0.6) is 0 Å². The molecule has 364 valence electrons. The Hall–Kier alpha value is -5.83. The molecule has 11 amide bonds. The zero-order valence-corrected chi connectivity index (χ0v) is 40.0. The third-order valence-electron chi connectivity index (χ3n) is 13.0. The number of likely N-dealkylation sites (N-methyl/N-ethyl adjacent to an activating group) is 6. The molecule has 2 saturated heterocycles. The molecule has 0 aromatic carbocycles. The molecule has 0 aromatic rings. The summed E-state index contributed by atoms with van der Waals surface area (Å²) in [7, 11) is 8.33. The Morgan fingerprint density at radius 2 is 1.15 bits per heavy atom. The van der Waals surface area contributed by atoms with Crippen LogP contribution >= 0.6 is 0 Å². The van der Waals surface area contributed by atoms with Crippen LogP contribution in [-0.2, 0) is 52.7 Å². The van der Waals surface area contributed by atoms with Crippen molar-refractivity contribution in [2.45, 2.75) is 122 Å². The maximum absolute atomic E-state index is 14.0. The molecule has 1 saturated carbocycles. The van der Waals surface area contributed by atoms with Gasteiger partial charge in [0.1, 0.15) is 29.7 Å². The van der Waals surface area contributed by atoms with Gasteiger partial charge >= 0.3 is 0 Å². The van der Waals surface area contributed by atoms with Crippen molar-refractivity contribution < 1.29 is 52.7 Å². The van der Waals surface area contributed by atoms with Crippen LogP contribution in [0.2, 0.25) is 0 Å². The van der Waals surface area contributed by atoms with Crippen molar-refractivity contribution in [2.24, 2.45) is 5.92 Å². The summed E-state index contributed by atoms with van der Waals surface area (Å²) < 4.78 is 0. The van der Waals surface area contributed by atoms with E-state index in [0.717, 1.165) is 19.6 Å². The first kappa shape index (κ1) is 53.5. The van der Waals surface area contributed by atoms with Crippen molar-refractivity contribution in [2.75, 3.05) is 81.6 Å². The minimum absolute atomic E-state index is 0.200. The van der Waals surface area contributed by atoms with Crippen LogP contribution < -0.4 is 21.3 Å². The Morgan fingerprint density at radius 3 is 1.74 bits per heavy atom. The number of hydrogen-bond donors (Lipinski definition) is 4. The van der Waals surface area contributed by atoms with Gasteiger partial charge in [0.05, 0.1) is 32.7 Å². The van der Waals surface area contributed by atoms with Crippen LogP contribution in [0, 0.1) is 5.92 Å². The Morgan fingerprint density at radius 1 is 0.615 bits per heavy atom. The summed E-state index contributed by atoms with van der Waals surface area (Å²) in [5, 5.41) is 10.9. The lowest BCUT2D eigenvalue weighted by molar-refractivity contribution is -0.146. The van der Waals surface area contributed by atoms with Crippen LogP contribution in [0.4, 0.5) is 0 Å². The molecule has 4 N–H and O–H groups in total. The number of nitrogens with one attached hydrogen (secondary N) is 4. The molecule has 3 aliphatic rings. The molecule has 3 fully saturated rings. The fourth-order valence-corrected chi connectivity index (χ4v) is 8.06. The molecule has 3 rings (SSSR count). The second-order valence-electron chi connectivity index (χ2n) is 18.0. The average Bonchev–Trinajstić information content (AvgIpc) is 3.96. The first-order chi connectivity index (χ1) is 30.3. The highest BCUT2D eigenvalue weighted by atomic mass is 16.2. The van der Waals surface area contributed by atoms with Crippen LogP contribution in [-0.4, -0.2) is 217 Å². The topological polar surface area (TPSA) is 259 Å². The van der Waals surface area contributed by atoms with Crippen molar-refractivity contribution in [1.29, 1.82) is 0 Å². The molecule has 0 bridgehead atoms. The summed E-state index contributed by atoms with van der Waals surface area (Å²) >= 11 is 0. The predicted octanol–water partition coefficient (Wildman–Crippen LogP) is -2.51. The molecule has 1 aliphatic carbocycles. The first-order valence-electron chi connectivity index (χ1n) is 22.3. The number of amides is 11. The van der Waals surface area contributed by atoms with Crippen LogP contribution in [0.3, 0.4) is 0 Å². The Balaban J connectivity index is 1.86. The third kappa shape index (κ3) is 13.8. The van der Waals surface area contributed by atoms with E-state index in [1.807, 2.05) is 6.92 Å². The van der Waals surface area contributed by atoms with E-state index in [1.165, 1.54) is 70.8 Å². The number of nitrogens with zero attached hydrogens (tertiary/aromatic N) is 7. The van der Waals surface area contributed by atoms with Gasteiger partial charge in [-0.05, 0) is 52.4 Å². The molecular weight excluding hydrogens is 847 g/mol. The molecule has 0 radical (unpaired) electrons. The van der Waals surface area contributed by atoms with Gasteiger partial charge in [-0.15, -0.1) is 0 Å². The molecule has 6 atom stereocenters. The van der Waals surface area contributed by atoms with Gasteiger partial charge < -0.3 is 55.6 Å². The van der Waals surface area contributed by atoms with E-state index in [0.29, 0.717) is 44.9 Å². The second-order valence-corrected chi connectivity index (χ2v) is 18.0. The molecular formula is C43H71N11O11. The molecule has 2 aliphatic heterocycles. The van der Waals surface area contributed by atoms with Crippen molar-refractivity contribution in [1.82, 2.24) is 55.6 Å². The van der Waals surface area contributed by atoms with Gasteiger partial charge in [0.15, 0.2) is 0 Å². The predicted molar refractivity (Wildman–Crippen MR) is 236 cm³/mol. The van der Waals surface area contributed by atoms with Crippen LogP contribution in [0.1, 0.15) is 86.0 Å². The standard InChI is InChI=1S/C43H71N11O11/c1-12-26(2)37-41(64)50(8)24-35(59)48(6)23-34(58)49(7)25-36(60)53(11)28(4)38(61)44-21-33(57)54-19-15-16-30(54)40(63)47-43(17-13-14-18-43)42(65)51(9)22-31(55)45-27(3)20-32(56)52(10)29(5)39(62)46-37/h26-30,37H,12-25H2,1-11H3,(H,44,61)(H,45,55)(H,46,62)(H,47,63)/t26-,27?,28?,29?,30?,37?/m0/s1. The van der Waals surface area contributed by atoms with Gasteiger partial charge in [-0.25, -0.2) is 0 Å². The Bertz CT molecular complexity index is 1840. The van der Waals surface area contributed by atoms with E-state index < -0.39 is 127 Å². The van der Waals surface area contributed by atoms with Gasteiger partial charge in [0.2, 0.25) is 65.0 Å². The quantitative estimate of drug-likeness (QED) is 0.225. The zero-order chi connectivity index (χ0) is 49.1. The summed E-state index contributed by atoms with van der Waals surface area (Å²) in [5.74, 6) is -6.67. The minimum atomic E-state index is -1.32. The van der Waals surface area contributed by atoms with E-state index >= 15 is 0 Å². The van der Waals surface area contributed by atoms with Gasteiger partial charge in [-0.3, -0.25) is 52.7 Å². The van der Waals surface area contributed by atoms with E-state index in [9.17, 15) is 52.7 Å². The monoisotopic (exact) mass is 918 g/mol. The highest BCUT2D eigenvalue weighted by Crippen LogP contribution is 2.32. The van der Waals surface area contributed by atoms with Gasteiger partial charge in [0, 0.05) is 61.3 Å². The highest BCUT2D eigenvalue weighted by molar-refractivity contribution is 5.98. The molecule has 22 nitrogen and oxygen atoms in total. The number of carbonyl (C=O) groups is 11. The maximum atomic E-state index is 14.0. The molecule has 2 heterocycles. The minimum Gasteiger partial charge on any atom is -0.352 e. The smallest absolute Gasteiger partial charge is 0.248 e. The van der Waals surface area contributed by atoms with E-state index in [1.54, 1.807) is 13.8 Å². The summed E-state index contributed by atoms with van der Waals surface area (Å²) in [6, 6.07) is -4.81. The van der Waals surface area contributed by atoms with Crippen molar-refractivity contribution in [3.05, 3.63) is 0 Å².